The average molecular weight is 304 g/mol. The Bertz CT molecular complexity index is 494. The van der Waals surface area contributed by atoms with Crippen molar-refractivity contribution in [1.82, 2.24) is 0 Å². The second-order valence-corrected chi connectivity index (χ2v) is 5.26. The van der Waals surface area contributed by atoms with Gasteiger partial charge in [-0.15, -0.1) is 0 Å². The van der Waals surface area contributed by atoms with E-state index >= 15 is 0 Å². The molecule has 0 saturated carbocycles. The van der Waals surface area contributed by atoms with Gasteiger partial charge in [-0.3, -0.25) is 0 Å². The summed E-state index contributed by atoms with van der Waals surface area (Å²) in [7, 11) is 0. The summed E-state index contributed by atoms with van der Waals surface area (Å²) in [6.45, 7) is 2.22. The molecule has 0 aromatic heterocycles. The van der Waals surface area contributed by atoms with Crippen molar-refractivity contribution in [3.05, 3.63) is 58.6 Å². The van der Waals surface area contributed by atoms with Gasteiger partial charge in [0.2, 0.25) is 0 Å². The van der Waals surface area contributed by atoms with Crippen LogP contribution in [0.25, 0.3) is 0 Å². The zero-order valence-electron chi connectivity index (χ0n) is 10.6. The number of hydrogen-bond acceptors (Lipinski definition) is 1. The minimum Gasteiger partial charge on any atom is -0.355 e. The lowest BCUT2D eigenvalue weighted by molar-refractivity contribution is 0.795. The van der Waals surface area contributed by atoms with E-state index in [1.165, 1.54) is 18.4 Å². The normalized spacial score (nSPS) is 10.3. The van der Waals surface area contributed by atoms with Crippen molar-refractivity contribution in [3.63, 3.8) is 0 Å². The fourth-order valence-electron chi connectivity index (χ4n) is 1.87. The molecule has 2 aromatic carbocycles. The predicted molar refractivity (Wildman–Crippen MR) is 82.5 cm³/mol. The standard InChI is InChI=1S/C16H18BrN/c1-2-3-7-13-10-11-16(15(17)12-13)18-14-8-5-4-6-9-14/h4-6,8-12,18H,2-3,7H2,1H3. The first kappa shape index (κ1) is 13.2. The lowest BCUT2D eigenvalue weighted by Gasteiger charge is -2.10. The van der Waals surface area contributed by atoms with Crippen LogP contribution >= 0.6 is 15.9 Å². The number of benzene rings is 2. The minimum absolute atomic E-state index is 1.11. The highest BCUT2D eigenvalue weighted by Crippen LogP contribution is 2.27. The molecule has 0 atom stereocenters. The molecule has 0 saturated heterocycles. The molecule has 0 unspecified atom stereocenters. The van der Waals surface area contributed by atoms with Gasteiger partial charge in [0.15, 0.2) is 0 Å². The Morgan fingerprint density at radius 3 is 2.50 bits per heavy atom. The van der Waals surface area contributed by atoms with E-state index in [2.05, 4.69) is 58.5 Å². The first-order chi connectivity index (χ1) is 8.79. The van der Waals surface area contributed by atoms with Gasteiger partial charge in [0.1, 0.15) is 0 Å². The third-order valence-electron chi connectivity index (χ3n) is 2.91. The molecule has 0 heterocycles. The highest BCUT2D eigenvalue weighted by Gasteiger charge is 2.01. The quantitative estimate of drug-likeness (QED) is 0.765. The van der Waals surface area contributed by atoms with E-state index in [0.29, 0.717) is 0 Å². The SMILES string of the molecule is CCCCc1ccc(Nc2ccccc2)c(Br)c1. The van der Waals surface area contributed by atoms with Gasteiger partial charge in [0, 0.05) is 10.2 Å². The number of nitrogens with one attached hydrogen (secondary N) is 1. The monoisotopic (exact) mass is 303 g/mol. The third kappa shape index (κ3) is 3.61. The number of halogens is 1. The molecule has 2 heteroatoms. The smallest absolute Gasteiger partial charge is 0.0528 e. The zero-order valence-corrected chi connectivity index (χ0v) is 12.2. The summed E-state index contributed by atoms with van der Waals surface area (Å²) in [4.78, 5) is 0. The largest absolute Gasteiger partial charge is 0.355 e. The van der Waals surface area contributed by atoms with Gasteiger partial charge >= 0.3 is 0 Å². The lowest BCUT2D eigenvalue weighted by Crippen LogP contribution is -1.92. The molecule has 0 bridgehead atoms. The average Bonchev–Trinajstić information content (AvgIpc) is 2.40. The molecule has 0 spiro atoms. The number of unbranched alkanes of at least 4 members (excludes halogenated alkanes) is 1. The number of rotatable bonds is 5. The summed E-state index contributed by atoms with van der Waals surface area (Å²) < 4.78 is 1.12. The topological polar surface area (TPSA) is 12.0 Å². The first-order valence-corrected chi connectivity index (χ1v) is 7.19. The van der Waals surface area contributed by atoms with Gasteiger partial charge in [0.25, 0.3) is 0 Å². The Kier molecular flexibility index (Phi) is 4.82. The van der Waals surface area contributed by atoms with E-state index in [1.54, 1.807) is 0 Å². The highest BCUT2D eigenvalue weighted by molar-refractivity contribution is 9.10. The maximum atomic E-state index is 3.63. The first-order valence-electron chi connectivity index (χ1n) is 6.40. The molecule has 2 rings (SSSR count). The summed E-state index contributed by atoms with van der Waals surface area (Å²) in [5.74, 6) is 0. The van der Waals surface area contributed by atoms with Crippen LogP contribution in [0.3, 0.4) is 0 Å². The summed E-state index contributed by atoms with van der Waals surface area (Å²) in [6.07, 6.45) is 3.64. The highest BCUT2D eigenvalue weighted by atomic mass is 79.9. The number of para-hydroxylation sites is 1. The van der Waals surface area contributed by atoms with E-state index in [1.807, 2.05) is 18.2 Å². The van der Waals surface area contributed by atoms with E-state index in [-0.39, 0.29) is 0 Å². The van der Waals surface area contributed by atoms with Gasteiger partial charge in [-0.05, 0) is 58.6 Å². The van der Waals surface area contributed by atoms with Crippen molar-refractivity contribution in [2.75, 3.05) is 5.32 Å². The van der Waals surface area contributed by atoms with Crippen LogP contribution in [0.15, 0.2) is 53.0 Å². The maximum absolute atomic E-state index is 3.63. The van der Waals surface area contributed by atoms with E-state index in [0.717, 1.165) is 22.3 Å². The summed E-state index contributed by atoms with van der Waals surface area (Å²) >= 11 is 3.63. The number of anilines is 2. The molecule has 0 aliphatic heterocycles. The van der Waals surface area contributed by atoms with Crippen molar-refractivity contribution in [2.24, 2.45) is 0 Å². The van der Waals surface area contributed by atoms with E-state index < -0.39 is 0 Å². The van der Waals surface area contributed by atoms with Gasteiger partial charge < -0.3 is 5.32 Å². The Labute approximate surface area is 117 Å². The molecule has 2 aromatic rings. The van der Waals surface area contributed by atoms with Crippen LogP contribution in [-0.4, -0.2) is 0 Å². The molecule has 1 nitrogen and oxygen atoms in total. The van der Waals surface area contributed by atoms with Crippen LogP contribution < -0.4 is 5.32 Å². The van der Waals surface area contributed by atoms with Crippen LogP contribution in [0.5, 0.6) is 0 Å². The van der Waals surface area contributed by atoms with Gasteiger partial charge in [-0.1, -0.05) is 37.6 Å². The predicted octanol–water partition coefficient (Wildman–Crippen LogP) is 5.54. The minimum atomic E-state index is 1.11. The molecule has 18 heavy (non-hydrogen) atoms. The molecular weight excluding hydrogens is 286 g/mol. The van der Waals surface area contributed by atoms with Gasteiger partial charge in [-0.2, -0.15) is 0 Å². The second kappa shape index (κ2) is 6.60. The Morgan fingerprint density at radius 2 is 1.83 bits per heavy atom. The molecular formula is C16H18BrN. The molecule has 0 radical (unpaired) electrons. The van der Waals surface area contributed by atoms with Gasteiger partial charge in [-0.25, -0.2) is 0 Å². The zero-order chi connectivity index (χ0) is 12.8. The second-order valence-electron chi connectivity index (χ2n) is 4.41. The van der Waals surface area contributed by atoms with Crippen LogP contribution in [-0.2, 0) is 6.42 Å². The molecule has 0 fully saturated rings. The van der Waals surface area contributed by atoms with Crippen molar-refractivity contribution < 1.29 is 0 Å². The van der Waals surface area contributed by atoms with E-state index in [9.17, 15) is 0 Å². The summed E-state index contributed by atoms with van der Waals surface area (Å²) in [5.41, 5.74) is 3.61. The molecule has 0 aliphatic carbocycles. The van der Waals surface area contributed by atoms with Gasteiger partial charge in [0.05, 0.1) is 5.69 Å². The molecule has 1 N–H and O–H groups in total. The Hall–Kier alpha value is -1.28. The Balaban J connectivity index is 2.10. The summed E-state index contributed by atoms with van der Waals surface area (Å²) in [5, 5.41) is 3.41. The summed E-state index contributed by atoms with van der Waals surface area (Å²) in [6, 6.07) is 16.8. The molecule has 0 amide bonds. The van der Waals surface area contributed by atoms with Crippen LogP contribution in [0, 0.1) is 0 Å². The van der Waals surface area contributed by atoms with Crippen molar-refractivity contribution in [1.29, 1.82) is 0 Å². The van der Waals surface area contributed by atoms with Crippen molar-refractivity contribution >= 4 is 27.3 Å². The third-order valence-corrected chi connectivity index (χ3v) is 3.56. The lowest BCUT2D eigenvalue weighted by atomic mass is 10.1. The van der Waals surface area contributed by atoms with Crippen molar-refractivity contribution in [3.8, 4) is 0 Å². The fraction of sp³-hybridized carbons (Fsp3) is 0.250. The van der Waals surface area contributed by atoms with Crippen molar-refractivity contribution in [2.45, 2.75) is 26.2 Å². The molecule has 94 valence electrons. The fourth-order valence-corrected chi connectivity index (χ4v) is 2.40. The maximum Gasteiger partial charge on any atom is 0.0528 e. The Morgan fingerprint density at radius 1 is 1.06 bits per heavy atom. The van der Waals surface area contributed by atoms with Crippen LogP contribution in [0.1, 0.15) is 25.3 Å². The van der Waals surface area contributed by atoms with E-state index in [4.69, 9.17) is 0 Å². The number of hydrogen-bond donors (Lipinski definition) is 1. The van der Waals surface area contributed by atoms with Crippen LogP contribution in [0.4, 0.5) is 11.4 Å². The molecule has 0 aliphatic rings. The van der Waals surface area contributed by atoms with Crippen LogP contribution in [0.2, 0.25) is 0 Å². The number of aryl methyl sites for hydroxylation is 1.